The second-order valence-electron chi connectivity index (χ2n) is 2.49. The van der Waals surface area contributed by atoms with Crippen LogP contribution >= 0.6 is 0 Å². The Bertz CT molecular complexity index is 219. The maximum absolute atomic E-state index is 10.8. The first kappa shape index (κ1) is 11.6. The van der Waals surface area contributed by atoms with Gasteiger partial charge in [-0.1, -0.05) is 24.8 Å². The zero-order valence-corrected chi connectivity index (χ0v) is 7.75. The van der Waals surface area contributed by atoms with Crippen molar-refractivity contribution in [1.29, 1.82) is 0 Å². The predicted octanol–water partition coefficient (Wildman–Crippen LogP) is 0.750. The smallest absolute Gasteiger partial charge is 0.234 e. The summed E-state index contributed by atoms with van der Waals surface area (Å²) in [6, 6.07) is 0. The minimum atomic E-state index is -0.161. The number of hydrogen-bond donors (Lipinski definition) is 2. The Balaban J connectivity index is 3.91. The Morgan fingerprint density at radius 1 is 1.46 bits per heavy atom. The quantitative estimate of drug-likeness (QED) is 0.468. The topological polar surface area (TPSA) is 55.1 Å². The Hall–Kier alpha value is -1.35. The third kappa shape index (κ3) is 5.87. The molecular weight excluding hydrogens is 164 g/mol. The Kier molecular flexibility index (Phi) is 6.55. The molecule has 3 heteroatoms. The molecule has 13 heavy (non-hydrogen) atoms. The molecule has 0 saturated heterocycles. The number of carbonyl (C=O) groups excluding carboxylic acids is 1. The molecule has 0 saturated carbocycles. The molecule has 0 aliphatic heterocycles. The summed E-state index contributed by atoms with van der Waals surface area (Å²) in [6.45, 7) is 7.72. The highest BCUT2D eigenvalue weighted by atomic mass is 16.1. The fraction of sp³-hybridized carbons (Fsp3) is 0.300. The lowest BCUT2D eigenvalue weighted by molar-refractivity contribution is -0.119. The molecular formula is C10H16N2O. The van der Waals surface area contributed by atoms with Crippen LogP contribution in [0.4, 0.5) is 0 Å². The maximum atomic E-state index is 10.8. The van der Waals surface area contributed by atoms with Gasteiger partial charge in [0, 0.05) is 6.54 Å². The molecule has 0 aromatic rings. The number of carbonyl (C=O) groups is 1. The molecule has 0 spiro atoms. The maximum Gasteiger partial charge on any atom is 0.234 e. The normalized spacial score (nSPS) is 10.7. The third-order valence-electron chi connectivity index (χ3n) is 1.48. The summed E-state index contributed by atoms with van der Waals surface area (Å²) in [7, 11) is 0. The summed E-state index contributed by atoms with van der Waals surface area (Å²) >= 11 is 0. The lowest BCUT2D eigenvalue weighted by atomic mass is 10.2. The Labute approximate surface area is 79.0 Å². The van der Waals surface area contributed by atoms with Crippen LogP contribution in [0, 0.1) is 0 Å². The number of rotatable bonds is 6. The molecule has 72 valence electrons. The Morgan fingerprint density at radius 2 is 2.15 bits per heavy atom. The first-order valence-corrected chi connectivity index (χ1v) is 4.13. The van der Waals surface area contributed by atoms with Crippen LogP contribution in [0.1, 0.15) is 6.42 Å². The van der Waals surface area contributed by atoms with Gasteiger partial charge >= 0.3 is 0 Å². The number of nitrogens with two attached hydrogens (primary N) is 1. The molecule has 3 N–H and O–H groups in total. The molecule has 0 fully saturated rings. The van der Waals surface area contributed by atoms with Gasteiger partial charge in [0.2, 0.25) is 5.91 Å². The van der Waals surface area contributed by atoms with E-state index in [0.717, 1.165) is 12.0 Å². The van der Waals surface area contributed by atoms with Crippen LogP contribution in [0.25, 0.3) is 0 Å². The molecule has 0 aromatic heterocycles. The van der Waals surface area contributed by atoms with E-state index >= 15 is 0 Å². The summed E-state index contributed by atoms with van der Waals surface area (Å²) in [5.41, 5.74) is 6.10. The lowest BCUT2D eigenvalue weighted by Gasteiger charge is -2.03. The van der Waals surface area contributed by atoms with Crippen LogP contribution in [0.2, 0.25) is 0 Å². The summed E-state index contributed by atoms with van der Waals surface area (Å²) < 4.78 is 0. The fourth-order valence-corrected chi connectivity index (χ4v) is 0.735. The Morgan fingerprint density at radius 3 is 2.62 bits per heavy atom. The van der Waals surface area contributed by atoms with Crippen molar-refractivity contribution in [2.45, 2.75) is 6.42 Å². The van der Waals surface area contributed by atoms with Crippen molar-refractivity contribution < 1.29 is 4.79 Å². The van der Waals surface area contributed by atoms with E-state index in [1.807, 2.05) is 6.08 Å². The second kappa shape index (κ2) is 7.31. The first-order chi connectivity index (χ1) is 6.24. The molecule has 0 bridgehead atoms. The van der Waals surface area contributed by atoms with E-state index in [1.165, 1.54) is 0 Å². The molecule has 0 radical (unpaired) electrons. The van der Waals surface area contributed by atoms with Gasteiger partial charge in [-0.15, -0.1) is 6.58 Å². The largest absolute Gasteiger partial charge is 0.351 e. The van der Waals surface area contributed by atoms with Crippen LogP contribution in [0.5, 0.6) is 0 Å². The van der Waals surface area contributed by atoms with E-state index in [2.05, 4.69) is 18.5 Å². The molecule has 0 aliphatic carbocycles. The molecule has 1 amide bonds. The highest BCUT2D eigenvalue weighted by molar-refractivity contribution is 5.78. The van der Waals surface area contributed by atoms with Crippen molar-refractivity contribution >= 4 is 5.91 Å². The van der Waals surface area contributed by atoms with Gasteiger partial charge in [0.1, 0.15) is 0 Å². The van der Waals surface area contributed by atoms with Gasteiger partial charge in [-0.25, -0.2) is 0 Å². The van der Waals surface area contributed by atoms with Gasteiger partial charge in [-0.3, -0.25) is 4.79 Å². The van der Waals surface area contributed by atoms with Crippen molar-refractivity contribution in [2.24, 2.45) is 5.73 Å². The van der Waals surface area contributed by atoms with Crippen LogP contribution in [0.3, 0.4) is 0 Å². The highest BCUT2D eigenvalue weighted by Gasteiger charge is 1.96. The number of nitrogens with one attached hydrogen (secondary N) is 1. The van der Waals surface area contributed by atoms with Crippen LogP contribution < -0.4 is 11.1 Å². The molecule has 0 aliphatic rings. The van der Waals surface area contributed by atoms with Crippen LogP contribution in [0.15, 0.2) is 37.0 Å². The summed E-state index contributed by atoms with van der Waals surface area (Å²) in [4.78, 5) is 10.8. The standard InChI is InChI=1S/C10H16N2O/c1-3-5-6-9(4-2)8-12-10(13)7-11/h3-4,6H,1-2,5,7-8,11H2,(H,12,13)/b9-6+. The monoisotopic (exact) mass is 180 g/mol. The zero-order valence-electron chi connectivity index (χ0n) is 7.75. The van der Waals surface area contributed by atoms with Crippen LogP contribution in [-0.4, -0.2) is 19.0 Å². The van der Waals surface area contributed by atoms with Crippen LogP contribution in [-0.2, 0) is 4.79 Å². The van der Waals surface area contributed by atoms with E-state index < -0.39 is 0 Å². The zero-order chi connectivity index (χ0) is 10.1. The van der Waals surface area contributed by atoms with Crippen molar-refractivity contribution in [3.8, 4) is 0 Å². The van der Waals surface area contributed by atoms with Gasteiger partial charge in [0.25, 0.3) is 0 Å². The van der Waals surface area contributed by atoms with Gasteiger partial charge in [-0.05, 0) is 12.0 Å². The van der Waals surface area contributed by atoms with E-state index in [0.29, 0.717) is 6.54 Å². The molecule has 0 rings (SSSR count). The lowest BCUT2D eigenvalue weighted by Crippen LogP contribution is -2.31. The third-order valence-corrected chi connectivity index (χ3v) is 1.48. The van der Waals surface area contributed by atoms with Crippen molar-refractivity contribution in [2.75, 3.05) is 13.1 Å². The number of allylic oxidation sites excluding steroid dienone is 2. The second-order valence-corrected chi connectivity index (χ2v) is 2.49. The molecule has 0 heterocycles. The van der Waals surface area contributed by atoms with E-state index in [-0.39, 0.29) is 12.5 Å². The SMILES string of the molecule is C=CC/C=C(\C=C)CNC(=O)CN. The molecule has 0 unspecified atom stereocenters. The highest BCUT2D eigenvalue weighted by Crippen LogP contribution is 1.96. The van der Waals surface area contributed by atoms with Crippen molar-refractivity contribution in [3.05, 3.63) is 37.0 Å². The summed E-state index contributed by atoms with van der Waals surface area (Å²) in [6.07, 6.45) is 6.23. The van der Waals surface area contributed by atoms with Gasteiger partial charge < -0.3 is 11.1 Å². The van der Waals surface area contributed by atoms with Gasteiger partial charge in [-0.2, -0.15) is 0 Å². The first-order valence-electron chi connectivity index (χ1n) is 4.13. The molecule has 0 atom stereocenters. The van der Waals surface area contributed by atoms with Gasteiger partial charge in [0.05, 0.1) is 6.54 Å². The van der Waals surface area contributed by atoms with Crippen molar-refractivity contribution in [3.63, 3.8) is 0 Å². The average Bonchev–Trinajstić information content (AvgIpc) is 2.17. The molecule has 0 aromatic carbocycles. The van der Waals surface area contributed by atoms with E-state index in [1.54, 1.807) is 12.2 Å². The number of amides is 1. The average molecular weight is 180 g/mol. The summed E-state index contributed by atoms with van der Waals surface area (Å²) in [5, 5.41) is 2.65. The predicted molar refractivity (Wildman–Crippen MR) is 55.2 cm³/mol. The van der Waals surface area contributed by atoms with E-state index in [9.17, 15) is 4.79 Å². The van der Waals surface area contributed by atoms with Crippen molar-refractivity contribution in [1.82, 2.24) is 5.32 Å². The van der Waals surface area contributed by atoms with Gasteiger partial charge in [0.15, 0.2) is 0 Å². The molecule has 3 nitrogen and oxygen atoms in total. The fourth-order valence-electron chi connectivity index (χ4n) is 0.735. The number of hydrogen-bond acceptors (Lipinski definition) is 2. The summed E-state index contributed by atoms with van der Waals surface area (Å²) in [5.74, 6) is -0.161. The minimum Gasteiger partial charge on any atom is -0.351 e. The minimum absolute atomic E-state index is 0.0197. The van der Waals surface area contributed by atoms with E-state index in [4.69, 9.17) is 5.73 Å².